The highest BCUT2D eigenvalue weighted by atomic mass is 35.5. The largest absolute Gasteiger partial charge is 0.335 e. The summed E-state index contributed by atoms with van der Waals surface area (Å²) in [5.74, 6) is 0.396. The lowest BCUT2D eigenvalue weighted by atomic mass is 10.0. The molecule has 4 N–H and O–H groups in total. The van der Waals surface area contributed by atoms with Crippen LogP contribution in [0.2, 0.25) is 5.02 Å². The molecule has 4 nitrogen and oxygen atoms in total. The molecule has 2 atom stereocenters. The first-order chi connectivity index (χ1) is 9.10. The van der Waals surface area contributed by atoms with Crippen molar-refractivity contribution in [1.82, 2.24) is 5.32 Å². The predicted molar refractivity (Wildman–Crippen MR) is 78.5 cm³/mol. The average molecular weight is 282 g/mol. The third kappa shape index (κ3) is 3.61. The predicted octanol–water partition coefficient (Wildman–Crippen LogP) is 2.90. The Balaban J connectivity index is 1.92. The molecule has 1 saturated carbocycles. The minimum Gasteiger partial charge on any atom is -0.335 e. The van der Waals surface area contributed by atoms with Crippen LogP contribution in [0.25, 0.3) is 0 Å². The number of rotatable bonds is 3. The van der Waals surface area contributed by atoms with E-state index in [1.165, 1.54) is 0 Å². The van der Waals surface area contributed by atoms with Crippen molar-refractivity contribution in [1.29, 1.82) is 0 Å². The Kier molecular flexibility index (Phi) is 4.66. The monoisotopic (exact) mass is 281 g/mol. The molecular weight excluding hydrogens is 262 g/mol. The Morgan fingerprint density at radius 1 is 1.47 bits per heavy atom. The van der Waals surface area contributed by atoms with Crippen molar-refractivity contribution >= 4 is 23.3 Å². The topological polar surface area (TPSA) is 67.2 Å². The Bertz CT molecular complexity index is 464. The highest BCUT2D eigenvalue weighted by Gasteiger charge is 2.27. The lowest BCUT2D eigenvalue weighted by Gasteiger charge is -2.19. The summed E-state index contributed by atoms with van der Waals surface area (Å²) in [5, 5.41) is 6.45. The summed E-state index contributed by atoms with van der Waals surface area (Å²) in [7, 11) is 0. The van der Waals surface area contributed by atoms with E-state index < -0.39 is 0 Å². The van der Waals surface area contributed by atoms with E-state index in [4.69, 9.17) is 17.3 Å². The van der Waals surface area contributed by atoms with Gasteiger partial charge in [-0.1, -0.05) is 24.1 Å². The van der Waals surface area contributed by atoms with Gasteiger partial charge < -0.3 is 16.4 Å². The first-order valence-electron chi connectivity index (χ1n) is 6.64. The van der Waals surface area contributed by atoms with Gasteiger partial charge >= 0.3 is 6.03 Å². The molecule has 0 aromatic heterocycles. The zero-order valence-corrected chi connectivity index (χ0v) is 11.8. The van der Waals surface area contributed by atoms with E-state index in [1.54, 1.807) is 6.07 Å². The molecule has 1 aromatic carbocycles. The Labute approximate surface area is 118 Å². The second-order valence-corrected chi connectivity index (χ2v) is 5.50. The van der Waals surface area contributed by atoms with Gasteiger partial charge in [0.05, 0.1) is 0 Å². The number of aryl methyl sites for hydroxylation is 1. The second kappa shape index (κ2) is 6.26. The van der Waals surface area contributed by atoms with Crippen LogP contribution < -0.4 is 16.4 Å². The fourth-order valence-electron chi connectivity index (χ4n) is 2.52. The van der Waals surface area contributed by atoms with Crippen LogP contribution in [0.5, 0.6) is 0 Å². The van der Waals surface area contributed by atoms with Gasteiger partial charge in [0.15, 0.2) is 0 Å². The molecule has 2 rings (SSSR count). The number of amides is 2. The van der Waals surface area contributed by atoms with E-state index in [9.17, 15) is 4.79 Å². The van der Waals surface area contributed by atoms with Gasteiger partial charge in [0.2, 0.25) is 0 Å². The van der Waals surface area contributed by atoms with Gasteiger partial charge in [-0.2, -0.15) is 0 Å². The number of urea groups is 1. The smallest absolute Gasteiger partial charge is 0.319 e. The van der Waals surface area contributed by atoms with E-state index in [1.807, 2.05) is 19.1 Å². The quantitative estimate of drug-likeness (QED) is 0.797. The number of anilines is 1. The van der Waals surface area contributed by atoms with Gasteiger partial charge in [-0.25, -0.2) is 4.79 Å². The Hall–Kier alpha value is -1.26. The van der Waals surface area contributed by atoms with Crippen molar-refractivity contribution in [3.8, 4) is 0 Å². The lowest BCUT2D eigenvalue weighted by Crippen LogP contribution is -2.42. The highest BCUT2D eigenvalue weighted by molar-refractivity contribution is 6.31. The van der Waals surface area contributed by atoms with Crippen molar-refractivity contribution in [3.05, 3.63) is 28.8 Å². The van der Waals surface area contributed by atoms with Crippen LogP contribution in [0.15, 0.2) is 18.2 Å². The zero-order valence-electron chi connectivity index (χ0n) is 11.1. The maximum Gasteiger partial charge on any atom is 0.319 e. The van der Waals surface area contributed by atoms with Crippen LogP contribution in [0, 0.1) is 12.8 Å². The number of nitrogens with one attached hydrogen (secondary N) is 2. The van der Waals surface area contributed by atoms with Crippen LogP contribution in [-0.2, 0) is 0 Å². The van der Waals surface area contributed by atoms with Crippen molar-refractivity contribution in [2.75, 3.05) is 11.9 Å². The fourth-order valence-corrected chi connectivity index (χ4v) is 2.70. The molecule has 104 valence electrons. The van der Waals surface area contributed by atoms with Crippen molar-refractivity contribution < 1.29 is 4.79 Å². The number of nitrogens with two attached hydrogens (primary N) is 1. The molecule has 0 saturated heterocycles. The molecule has 1 fully saturated rings. The summed E-state index contributed by atoms with van der Waals surface area (Å²) < 4.78 is 0. The van der Waals surface area contributed by atoms with Crippen molar-refractivity contribution in [3.63, 3.8) is 0 Å². The molecular formula is C14H20ClN3O. The number of hydrogen-bond donors (Lipinski definition) is 3. The van der Waals surface area contributed by atoms with E-state index >= 15 is 0 Å². The van der Waals surface area contributed by atoms with Crippen molar-refractivity contribution in [2.45, 2.75) is 32.2 Å². The van der Waals surface area contributed by atoms with Crippen molar-refractivity contribution in [2.24, 2.45) is 11.7 Å². The number of carbonyl (C=O) groups excluding carboxylic acids is 1. The number of hydrogen-bond acceptors (Lipinski definition) is 2. The van der Waals surface area contributed by atoms with Crippen LogP contribution in [0.3, 0.4) is 0 Å². The summed E-state index contributed by atoms with van der Waals surface area (Å²) in [6, 6.07) is 5.48. The summed E-state index contributed by atoms with van der Waals surface area (Å²) in [6.07, 6.45) is 3.23. The first kappa shape index (κ1) is 14.2. The first-order valence-corrected chi connectivity index (χ1v) is 7.01. The molecule has 1 aromatic rings. The molecule has 5 heteroatoms. The number of carbonyl (C=O) groups is 1. The maximum absolute atomic E-state index is 11.9. The molecule has 0 bridgehead atoms. The number of benzene rings is 1. The Morgan fingerprint density at radius 2 is 2.26 bits per heavy atom. The molecule has 1 aliphatic carbocycles. The molecule has 0 spiro atoms. The third-order valence-electron chi connectivity index (χ3n) is 3.71. The zero-order chi connectivity index (χ0) is 13.8. The van der Waals surface area contributed by atoms with Gasteiger partial charge in [0.1, 0.15) is 0 Å². The minimum absolute atomic E-state index is 0.186. The normalized spacial score (nSPS) is 22.3. The molecule has 0 radical (unpaired) electrons. The summed E-state index contributed by atoms with van der Waals surface area (Å²) in [6.45, 7) is 2.55. The molecule has 19 heavy (non-hydrogen) atoms. The standard InChI is InChI=1S/C14H20ClN3O/c1-9-5-6-11(7-12(9)15)17-14(19)18-13-4-2-3-10(13)8-16/h5-7,10,13H,2-4,8,16H2,1H3,(H2,17,18,19). The lowest BCUT2D eigenvalue weighted by molar-refractivity contribution is 0.245. The summed E-state index contributed by atoms with van der Waals surface area (Å²) in [5.41, 5.74) is 7.40. The van der Waals surface area contributed by atoms with E-state index in [-0.39, 0.29) is 12.1 Å². The minimum atomic E-state index is -0.190. The molecule has 2 amide bonds. The van der Waals surface area contributed by atoms with Crippen LogP contribution in [0.1, 0.15) is 24.8 Å². The van der Waals surface area contributed by atoms with Gasteiger partial charge in [-0.05, 0) is 49.9 Å². The summed E-state index contributed by atoms with van der Waals surface area (Å²) >= 11 is 6.02. The maximum atomic E-state index is 11.9. The third-order valence-corrected chi connectivity index (χ3v) is 4.12. The van der Waals surface area contributed by atoms with Gasteiger partial charge in [-0.15, -0.1) is 0 Å². The second-order valence-electron chi connectivity index (χ2n) is 5.10. The van der Waals surface area contributed by atoms with Gasteiger partial charge in [0, 0.05) is 16.8 Å². The Morgan fingerprint density at radius 3 is 2.95 bits per heavy atom. The molecule has 0 heterocycles. The van der Waals surface area contributed by atoms with Crippen LogP contribution in [-0.4, -0.2) is 18.6 Å². The fraction of sp³-hybridized carbons (Fsp3) is 0.500. The van der Waals surface area contributed by atoms with Crippen LogP contribution in [0.4, 0.5) is 10.5 Å². The molecule has 0 aliphatic heterocycles. The van der Waals surface area contributed by atoms with Crippen LogP contribution >= 0.6 is 11.6 Å². The average Bonchev–Trinajstić information content (AvgIpc) is 2.81. The molecule has 1 aliphatic rings. The number of halogens is 1. The summed E-state index contributed by atoms with van der Waals surface area (Å²) in [4.78, 5) is 11.9. The molecule has 2 unspecified atom stereocenters. The van der Waals surface area contributed by atoms with E-state index in [0.717, 1.165) is 24.8 Å². The van der Waals surface area contributed by atoms with Gasteiger partial charge in [-0.3, -0.25) is 0 Å². The van der Waals surface area contributed by atoms with Gasteiger partial charge in [0.25, 0.3) is 0 Å². The SMILES string of the molecule is Cc1ccc(NC(=O)NC2CCCC2CN)cc1Cl. The van der Waals surface area contributed by atoms with E-state index in [2.05, 4.69) is 10.6 Å². The van der Waals surface area contributed by atoms with E-state index in [0.29, 0.717) is 23.2 Å². The highest BCUT2D eigenvalue weighted by Crippen LogP contribution is 2.25.